The maximum absolute atomic E-state index is 13.0. The third-order valence-corrected chi connectivity index (χ3v) is 5.94. The predicted octanol–water partition coefficient (Wildman–Crippen LogP) is 4.42. The Morgan fingerprint density at radius 1 is 0.879 bits per heavy atom. The minimum Gasteiger partial charge on any atom is -0.422 e. The van der Waals surface area contributed by atoms with Crippen molar-refractivity contribution in [1.29, 1.82) is 0 Å². The molecule has 0 N–H and O–H groups in total. The first-order chi connectivity index (χ1) is 16.0. The number of hydrazone groups is 1. The zero-order valence-corrected chi connectivity index (χ0v) is 18.2. The summed E-state index contributed by atoms with van der Waals surface area (Å²) in [4.78, 5) is 40.7. The summed E-state index contributed by atoms with van der Waals surface area (Å²) in [5.74, 6) is -1.07. The summed E-state index contributed by atoms with van der Waals surface area (Å²) < 4.78 is 5.51. The van der Waals surface area contributed by atoms with Gasteiger partial charge in [-0.1, -0.05) is 24.3 Å². The Morgan fingerprint density at radius 2 is 1.55 bits per heavy atom. The van der Waals surface area contributed by atoms with Crippen LogP contribution >= 0.6 is 0 Å². The summed E-state index contributed by atoms with van der Waals surface area (Å²) in [6.07, 6.45) is 1.20. The molecule has 1 aliphatic rings. The number of fused-ring (bicyclic) bond motifs is 1. The van der Waals surface area contributed by atoms with Crippen LogP contribution in [0.15, 0.2) is 75.0 Å². The van der Waals surface area contributed by atoms with Crippen LogP contribution in [0.2, 0.25) is 0 Å². The van der Waals surface area contributed by atoms with E-state index in [1.807, 2.05) is 30.3 Å². The van der Waals surface area contributed by atoms with E-state index in [1.54, 1.807) is 30.3 Å². The zero-order chi connectivity index (χ0) is 23.1. The fourth-order valence-corrected chi connectivity index (χ4v) is 4.23. The molecule has 7 nitrogen and oxygen atoms in total. The molecule has 4 aromatic rings. The molecule has 0 aliphatic carbocycles. The van der Waals surface area contributed by atoms with Crippen LogP contribution in [-0.2, 0) is 0 Å². The van der Waals surface area contributed by atoms with Crippen molar-refractivity contribution in [2.75, 3.05) is 18.0 Å². The Morgan fingerprint density at radius 3 is 2.18 bits per heavy atom. The molecule has 0 bridgehead atoms. The van der Waals surface area contributed by atoms with Gasteiger partial charge in [0.15, 0.2) is 0 Å². The molecule has 0 atom stereocenters. The van der Waals surface area contributed by atoms with Gasteiger partial charge in [-0.15, -0.1) is 0 Å². The molecular formula is C26H21N3O4. The van der Waals surface area contributed by atoms with Gasteiger partial charge in [0.2, 0.25) is 0 Å². The monoisotopic (exact) mass is 439 g/mol. The highest BCUT2D eigenvalue weighted by Gasteiger charge is 2.32. The number of carbonyl (C=O) groups excluding carboxylic acids is 2. The highest BCUT2D eigenvalue weighted by molar-refractivity contribution is 6.25. The first-order valence-electron chi connectivity index (χ1n) is 10.8. The van der Waals surface area contributed by atoms with Gasteiger partial charge >= 0.3 is 5.63 Å². The Kier molecular flexibility index (Phi) is 5.01. The SMILES string of the molecule is CCN(CC)c1ccc2cc(C=NN3C(=O)c4cccc5cccc(c45)C3=O)c(=O)oc2c1. The maximum Gasteiger partial charge on any atom is 0.345 e. The molecule has 1 aromatic heterocycles. The second kappa shape index (κ2) is 8.02. The highest BCUT2D eigenvalue weighted by Crippen LogP contribution is 2.30. The van der Waals surface area contributed by atoms with E-state index in [2.05, 4.69) is 23.8 Å². The lowest BCUT2D eigenvalue weighted by Crippen LogP contribution is -2.36. The van der Waals surface area contributed by atoms with Gasteiger partial charge < -0.3 is 9.32 Å². The van der Waals surface area contributed by atoms with Gasteiger partial charge in [-0.05, 0) is 49.6 Å². The number of rotatable bonds is 5. The van der Waals surface area contributed by atoms with Crippen LogP contribution < -0.4 is 10.5 Å². The second-order valence-electron chi connectivity index (χ2n) is 7.76. The molecule has 0 radical (unpaired) electrons. The summed E-state index contributed by atoms with van der Waals surface area (Å²) in [6, 6.07) is 17.9. The van der Waals surface area contributed by atoms with Crippen LogP contribution in [0.5, 0.6) is 0 Å². The van der Waals surface area contributed by atoms with Crippen molar-refractivity contribution in [3.8, 4) is 0 Å². The van der Waals surface area contributed by atoms with Gasteiger partial charge in [-0.3, -0.25) is 9.59 Å². The lowest BCUT2D eigenvalue weighted by Gasteiger charge is -2.22. The first-order valence-corrected chi connectivity index (χ1v) is 10.8. The molecule has 3 aromatic carbocycles. The molecule has 5 rings (SSSR count). The van der Waals surface area contributed by atoms with Crippen LogP contribution in [0.25, 0.3) is 21.7 Å². The minimum absolute atomic E-state index is 0.149. The van der Waals surface area contributed by atoms with E-state index >= 15 is 0 Å². The van der Waals surface area contributed by atoms with Crippen LogP contribution in [0, 0.1) is 0 Å². The zero-order valence-electron chi connectivity index (χ0n) is 18.2. The molecule has 1 aliphatic heterocycles. The van der Waals surface area contributed by atoms with Crippen molar-refractivity contribution in [3.63, 3.8) is 0 Å². The van der Waals surface area contributed by atoms with E-state index in [1.165, 1.54) is 6.21 Å². The molecule has 0 saturated carbocycles. The van der Waals surface area contributed by atoms with E-state index in [-0.39, 0.29) is 5.56 Å². The number of anilines is 1. The van der Waals surface area contributed by atoms with Crippen LogP contribution in [-0.4, -0.2) is 36.1 Å². The van der Waals surface area contributed by atoms with Crippen molar-refractivity contribution in [2.45, 2.75) is 13.8 Å². The van der Waals surface area contributed by atoms with Crippen LogP contribution in [0.3, 0.4) is 0 Å². The molecule has 2 amide bonds. The van der Waals surface area contributed by atoms with E-state index in [0.29, 0.717) is 22.1 Å². The summed E-state index contributed by atoms with van der Waals surface area (Å²) >= 11 is 0. The smallest absolute Gasteiger partial charge is 0.345 e. The third kappa shape index (κ3) is 3.38. The molecule has 0 fully saturated rings. The molecule has 33 heavy (non-hydrogen) atoms. The normalized spacial score (nSPS) is 13.5. The quantitative estimate of drug-likeness (QED) is 0.261. The number of imide groups is 1. The fourth-order valence-electron chi connectivity index (χ4n) is 4.23. The number of hydrogen-bond acceptors (Lipinski definition) is 6. The predicted molar refractivity (Wildman–Crippen MR) is 128 cm³/mol. The summed E-state index contributed by atoms with van der Waals surface area (Å²) in [5.41, 5.74) is 1.78. The highest BCUT2D eigenvalue weighted by atomic mass is 16.4. The van der Waals surface area contributed by atoms with Gasteiger partial charge in [0.1, 0.15) is 5.58 Å². The Balaban J connectivity index is 1.51. The van der Waals surface area contributed by atoms with Crippen LogP contribution in [0.1, 0.15) is 40.1 Å². The van der Waals surface area contributed by atoms with Crippen molar-refractivity contribution in [2.24, 2.45) is 5.10 Å². The van der Waals surface area contributed by atoms with Gasteiger partial charge in [0, 0.05) is 35.6 Å². The number of carbonyl (C=O) groups is 2. The summed E-state index contributed by atoms with van der Waals surface area (Å²) in [7, 11) is 0. The van der Waals surface area contributed by atoms with Crippen molar-refractivity contribution < 1.29 is 14.0 Å². The molecular weight excluding hydrogens is 418 g/mol. The van der Waals surface area contributed by atoms with Crippen LogP contribution in [0.4, 0.5) is 5.69 Å². The second-order valence-corrected chi connectivity index (χ2v) is 7.76. The standard InChI is InChI=1S/C26H21N3O4/c1-3-28(4-2)19-12-11-17-13-18(26(32)33-22(17)14-19)15-27-29-24(30)20-9-5-7-16-8-6-10-21(23(16)20)25(29)31/h5-15H,3-4H2,1-2H3. The van der Waals surface area contributed by atoms with E-state index in [4.69, 9.17) is 4.42 Å². The number of hydrogen-bond donors (Lipinski definition) is 0. The minimum atomic E-state index is -0.595. The molecule has 0 saturated heterocycles. The average molecular weight is 439 g/mol. The van der Waals surface area contributed by atoms with Gasteiger partial charge in [-0.2, -0.15) is 10.1 Å². The van der Waals surface area contributed by atoms with Gasteiger partial charge in [0.05, 0.1) is 22.9 Å². The summed E-state index contributed by atoms with van der Waals surface area (Å²) in [5, 5.41) is 7.03. The Bertz CT molecular complexity index is 1460. The van der Waals surface area contributed by atoms with E-state index in [0.717, 1.165) is 34.6 Å². The Hall–Kier alpha value is -4.26. The molecule has 164 valence electrons. The number of amides is 2. The molecule has 0 spiro atoms. The third-order valence-electron chi connectivity index (χ3n) is 5.94. The fraction of sp³-hybridized carbons (Fsp3) is 0.154. The molecule has 0 unspecified atom stereocenters. The molecule has 7 heteroatoms. The largest absolute Gasteiger partial charge is 0.422 e. The van der Waals surface area contributed by atoms with E-state index < -0.39 is 17.4 Å². The van der Waals surface area contributed by atoms with Gasteiger partial charge in [0.25, 0.3) is 11.8 Å². The van der Waals surface area contributed by atoms with Crippen molar-refractivity contribution >= 4 is 45.5 Å². The van der Waals surface area contributed by atoms with Gasteiger partial charge in [-0.25, -0.2) is 4.79 Å². The van der Waals surface area contributed by atoms with Crippen molar-refractivity contribution in [1.82, 2.24) is 5.01 Å². The number of benzene rings is 3. The lowest BCUT2D eigenvalue weighted by atomic mass is 9.95. The Labute approximate surface area is 189 Å². The first kappa shape index (κ1) is 20.6. The summed E-state index contributed by atoms with van der Waals surface area (Å²) in [6.45, 7) is 5.80. The maximum atomic E-state index is 13.0. The molecule has 2 heterocycles. The average Bonchev–Trinajstić information content (AvgIpc) is 2.83. The number of nitrogens with zero attached hydrogens (tertiary/aromatic N) is 3. The van der Waals surface area contributed by atoms with Crippen molar-refractivity contribution in [3.05, 3.63) is 87.8 Å². The van der Waals surface area contributed by atoms with E-state index in [9.17, 15) is 14.4 Å². The topological polar surface area (TPSA) is 83.2 Å². The lowest BCUT2D eigenvalue weighted by molar-refractivity contribution is 0.0616.